The fourth-order valence-corrected chi connectivity index (χ4v) is 5.88. The van der Waals surface area contributed by atoms with Gasteiger partial charge in [-0.1, -0.05) is 30.3 Å². The number of hydrogen-bond donors (Lipinski definition) is 8. The first-order valence-electron chi connectivity index (χ1n) is 14.8. The number of rotatable bonds is 19. The van der Waals surface area contributed by atoms with Crippen molar-refractivity contribution in [2.45, 2.75) is 88.4 Å². The number of carbonyl (C=O) groups excluding carboxylic acids is 4. The van der Waals surface area contributed by atoms with Crippen LogP contribution in [0, 0.1) is 11.3 Å². The molecule has 3 aliphatic rings. The lowest BCUT2D eigenvalue weighted by Gasteiger charge is -2.63. The molecule has 0 aliphatic heterocycles. The van der Waals surface area contributed by atoms with Crippen LogP contribution < -0.4 is 44.6 Å². The van der Waals surface area contributed by atoms with Crippen LogP contribution in [0.2, 0.25) is 0 Å². The van der Waals surface area contributed by atoms with Crippen molar-refractivity contribution in [3.05, 3.63) is 35.9 Å². The van der Waals surface area contributed by atoms with Crippen molar-refractivity contribution in [3.8, 4) is 0 Å². The Morgan fingerprint density at radius 3 is 2.00 bits per heavy atom. The largest absolute Gasteiger partial charge is 0.370 e. The standard InChI is InChI=1S/C29H47N9O4/c30-11-5-4-9-21(24(32)39)36-27(42)23(17-29-14-19(15-29)16-29)38-26(41)22(10-6-12-35-28(33)34)37-25(40)20(31)13-18-7-2-1-3-8-18/h1-3,7-8,19-23H,4-6,9-17,30-31H2,(H2,32,39)(H,36,42)(H,37,40)(H,38,41)(H4,33,34,35)/t19?,20-,21-,22+,23-,29?/m0/s1. The van der Waals surface area contributed by atoms with Crippen molar-refractivity contribution in [2.75, 3.05) is 13.1 Å². The van der Waals surface area contributed by atoms with Gasteiger partial charge in [0.25, 0.3) is 0 Å². The van der Waals surface area contributed by atoms with Crippen molar-refractivity contribution in [1.29, 1.82) is 0 Å². The summed E-state index contributed by atoms with van der Waals surface area (Å²) in [6.07, 6.45) is 6.06. The molecule has 0 spiro atoms. The summed E-state index contributed by atoms with van der Waals surface area (Å²) < 4.78 is 0. The summed E-state index contributed by atoms with van der Waals surface area (Å²) >= 11 is 0. The number of hydrogen-bond acceptors (Lipinski definition) is 7. The van der Waals surface area contributed by atoms with E-state index in [1.165, 1.54) is 0 Å². The number of carbonyl (C=O) groups is 4. The SMILES string of the molecule is NCCCC[C@H](NC(=O)[C@H](CC12CC(C1)C2)NC(=O)[C@@H](CCCN=C(N)N)NC(=O)[C@@H](N)Cc1ccccc1)C(N)=O. The molecule has 42 heavy (non-hydrogen) atoms. The van der Waals surface area contributed by atoms with Gasteiger partial charge in [0.05, 0.1) is 6.04 Å². The molecule has 0 heterocycles. The molecule has 3 saturated carbocycles. The average Bonchev–Trinajstić information content (AvgIpc) is 2.90. The number of nitrogens with zero attached hydrogens (tertiary/aromatic N) is 1. The maximum Gasteiger partial charge on any atom is 0.243 e. The molecule has 4 atom stereocenters. The second-order valence-corrected chi connectivity index (χ2v) is 11.8. The molecule has 3 aliphatic carbocycles. The minimum atomic E-state index is -0.978. The summed E-state index contributed by atoms with van der Waals surface area (Å²) in [5.41, 5.74) is 29.0. The minimum absolute atomic E-state index is 0.00583. The minimum Gasteiger partial charge on any atom is -0.370 e. The Labute approximate surface area is 247 Å². The number of nitrogens with two attached hydrogens (primary N) is 5. The van der Waals surface area contributed by atoms with Gasteiger partial charge in [0, 0.05) is 6.54 Å². The molecule has 3 fully saturated rings. The van der Waals surface area contributed by atoms with Crippen LogP contribution in [0.5, 0.6) is 0 Å². The molecule has 0 radical (unpaired) electrons. The highest BCUT2D eigenvalue weighted by Gasteiger charge is 2.57. The van der Waals surface area contributed by atoms with E-state index in [0.717, 1.165) is 24.8 Å². The molecule has 1 aromatic rings. The fourth-order valence-electron chi connectivity index (χ4n) is 5.88. The molecule has 4 rings (SSSR count). The zero-order chi connectivity index (χ0) is 30.7. The zero-order valence-electron chi connectivity index (χ0n) is 24.2. The Kier molecular flexibility index (Phi) is 12.1. The van der Waals surface area contributed by atoms with Gasteiger partial charge in [-0.3, -0.25) is 24.2 Å². The molecule has 13 N–H and O–H groups in total. The predicted octanol–water partition coefficient (Wildman–Crippen LogP) is -1.13. The van der Waals surface area contributed by atoms with E-state index in [-0.39, 0.29) is 24.3 Å². The molecule has 0 saturated heterocycles. The van der Waals surface area contributed by atoms with E-state index < -0.39 is 47.8 Å². The lowest BCUT2D eigenvalue weighted by Crippen LogP contribution is -2.61. The third kappa shape index (κ3) is 9.69. The maximum absolute atomic E-state index is 13.6. The molecule has 13 heteroatoms. The van der Waals surface area contributed by atoms with Crippen molar-refractivity contribution in [2.24, 2.45) is 45.0 Å². The summed E-state index contributed by atoms with van der Waals surface area (Å²) in [5, 5.41) is 8.35. The molecular formula is C29H47N9O4. The van der Waals surface area contributed by atoms with Gasteiger partial charge in [-0.15, -0.1) is 0 Å². The summed E-state index contributed by atoms with van der Waals surface area (Å²) in [6, 6.07) is 5.70. The van der Waals surface area contributed by atoms with Crippen molar-refractivity contribution >= 4 is 29.6 Å². The number of amides is 4. The molecule has 232 valence electrons. The number of benzene rings is 1. The molecule has 2 bridgehead atoms. The van der Waals surface area contributed by atoms with Gasteiger partial charge in [-0.25, -0.2) is 0 Å². The van der Waals surface area contributed by atoms with E-state index >= 15 is 0 Å². The number of guanidine groups is 1. The van der Waals surface area contributed by atoms with Gasteiger partial charge in [-0.2, -0.15) is 0 Å². The van der Waals surface area contributed by atoms with Crippen LogP contribution in [0.1, 0.15) is 63.4 Å². The smallest absolute Gasteiger partial charge is 0.243 e. The summed E-state index contributed by atoms with van der Waals surface area (Å²) in [7, 11) is 0. The van der Waals surface area contributed by atoms with Crippen LogP contribution in [0.3, 0.4) is 0 Å². The first-order chi connectivity index (χ1) is 20.0. The van der Waals surface area contributed by atoms with E-state index in [2.05, 4.69) is 20.9 Å². The number of nitrogens with one attached hydrogen (secondary N) is 3. The third-order valence-electron chi connectivity index (χ3n) is 8.26. The van der Waals surface area contributed by atoms with Gasteiger partial charge < -0.3 is 44.6 Å². The fraction of sp³-hybridized carbons (Fsp3) is 0.621. The van der Waals surface area contributed by atoms with Gasteiger partial charge >= 0.3 is 0 Å². The highest BCUT2D eigenvalue weighted by molar-refractivity contribution is 5.94. The molecule has 0 aromatic heterocycles. The molecule has 4 amide bonds. The highest BCUT2D eigenvalue weighted by Crippen LogP contribution is 2.66. The van der Waals surface area contributed by atoms with Crippen LogP contribution >= 0.6 is 0 Å². The summed E-state index contributed by atoms with van der Waals surface area (Å²) in [5.74, 6) is -1.53. The Morgan fingerprint density at radius 2 is 1.43 bits per heavy atom. The van der Waals surface area contributed by atoms with Gasteiger partial charge in [0.1, 0.15) is 18.1 Å². The van der Waals surface area contributed by atoms with E-state index in [1.54, 1.807) is 0 Å². The van der Waals surface area contributed by atoms with Crippen LogP contribution in [0.25, 0.3) is 0 Å². The Morgan fingerprint density at radius 1 is 0.833 bits per heavy atom. The Balaban J connectivity index is 1.70. The second-order valence-electron chi connectivity index (χ2n) is 11.8. The second kappa shape index (κ2) is 15.5. The Bertz CT molecular complexity index is 1090. The van der Waals surface area contributed by atoms with Crippen LogP contribution in [0.4, 0.5) is 0 Å². The molecule has 0 unspecified atom stereocenters. The first-order valence-corrected chi connectivity index (χ1v) is 14.8. The van der Waals surface area contributed by atoms with Gasteiger partial charge in [0.2, 0.25) is 23.6 Å². The van der Waals surface area contributed by atoms with Crippen molar-refractivity contribution in [3.63, 3.8) is 0 Å². The molecule has 13 nitrogen and oxygen atoms in total. The normalized spacial score (nSPS) is 21.3. The molecular weight excluding hydrogens is 538 g/mol. The van der Waals surface area contributed by atoms with E-state index in [0.29, 0.717) is 51.0 Å². The average molecular weight is 586 g/mol. The quantitative estimate of drug-likeness (QED) is 0.0559. The van der Waals surface area contributed by atoms with Crippen molar-refractivity contribution < 1.29 is 19.2 Å². The van der Waals surface area contributed by atoms with Crippen LogP contribution in [0.15, 0.2) is 35.3 Å². The predicted molar refractivity (Wildman–Crippen MR) is 160 cm³/mol. The lowest BCUT2D eigenvalue weighted by molar-refractivity contribution is -0.143. The summed E-state index contributed by atoms with van der Waals surface area (Å²) in [4.78, 5) is 56.1. The zero-order valence-corrected chi connectivity index (χ0v) is 24.2. The van der Waals surface area contributed by atoms with E-state index in [4.69, 9.17) is 28.7 Å². The number of aliphatic imine (C=N–C) groups is 1. The van der Waals surface area contributed by atoms with E-state index in [9.17, 15) is 19.2 Å². The maximum atomic E-state index is 13.6. The number of unbranched alkanes of at least 4 members (excludes halogenated alkanes) is 1. The topological polar surface area (TPSA) is 247 Å². The molecule has 1 aromatic carbocycles. The number of primary amides is 1. The van der Waals surface area contributed by atoms with Crippen LogP contribution in [-0.2, 0) is 25.6 Å². The van der Waals surface area contributed by atoms with Crippen molar-refractivity contribution in [1.82, 2.24) is 16.0 Å². The Hall–Kier alpha value is -3.71. The lowest BCUT2D eigenvalue weighted by atomic mass is 9.43. The third-order valence-corrected chi connectivity index (χ3v) is 8.26. The van der Waals surface area contributed by atoms with Gasteiger partial charge in [-0.05, 0) is 87.6 Å². The first kappa shape index (κ1) is 32.8. The van der Waals surface area contributed by atoms with Gasteiger partial charge in [0.15, 0.2) is 5.96 Å². The summed E-state index contributed by atoms with van der Waals surface area (Å²) in [6.45, 7) is 0.725. The van der Waals surface area contributed by atoms with E-state index in [1.807, 2.05) is 30.3 Å². The monoisotopic (exact) mass is 585 g/mol. The highest BCUT2D eigenvalue weighted by atomic mass is 16.2. The van der Waals surface area contributed by atoms with Crippen LogP contribution in [-0.4, -0.2) is 66.8 Å².